The fourth-order valence-electron chi connectivity index (χ4n) is 1.29. The van der Waals surface area contributed by atoms with E-state index in [0.29, 0.717) is 4.47 Å². The van der Waals surface area contributed by atoms with Crippen molar-refractivity contribution < 1.29 is 9.18 Å². The first kappa shape index (κ1) is 14.2. The molecule has 0 fully saturated rings. The number of carbonyl (C=O) groups excluding carboxylic acids is 1. The number of nitrogens with zero attached hydrogens (tertiary/aromatic N) is 2. The summed E-state index contributed by atoms with van der Waals surface area (Å²) in [6, 6.07) is 2.27. The Morgan fingerprint density at radius 3 is 2.68 bits per heavy atom. The van der Waals surface area contributed by atoms with E-state index in [1.54, 1.807) is 0 Å². The van der Waals surface area contributed by atoms with E-state index in [1.807, 2.05) is 0 Å². The average molecular weight is 365 g/mol. The summed E-state index contributed by atoms with van der Waals surface area (Å²) in [5.74, 6) is -1.07. The van der Waals surface area contributed by atoms with Crippen molar-refractivity contribution in [2.75, 3.05) is 5.32 Å². The van der Waals surface area contributed by atoms with Gasteiger partial charge in [-0.1, -0.05) is 23.2 Å². The molecule has 0 aliphatic heterocycles. The van der Waals surface area contributed by atoms with Crippen molar-refractivity contribution in [1.82, 2.24) is 9.97 Å². The van der Waals surface area contributed by atoms with Gasteiger partial charge in [-0.15, -0.1) is 0 Å². The molecule has 0 saturated heterocycles. The minimum Gasteiger partial charge on any atom is -0.318 e. The molecule has 1 aromatic heterocycles. The van der Waals surface area contributed by atoms with Gasteiger partial charge in [-0.3, -0.25) is 9.78 Å². The summed E-state index contributed by atoms with van der Waals surface area (Å²) < 4.78 is 13.4. The van der Waals surface area contributed by atoms with Gasteiger partial charge in [0.05, 0.1) is 23.1 Å². The number of benzene rings is 1. The molecule has 4 nitrogen and oxygen atoms in total. The Morgan fingerprint density at radius 2 is 2.05 bits per heavy atom. The molecule has 0 unspecified atom stereocenters. The van der Waals surface area contributed by atoms with Gasteiger partial charge < -0.3 is 5.32 Å². The molecule has 98 valence electrons. The normalized spacial score (nSPS) is 10.3. The van der Waals surface area contributed by atoms with E-state index in [1.165, 1.54) is 18.5 Å². The predicted octanol–water partition coefficient (Wildman–Crippen LogP) is 3.94. The third-order valence-electron chi connectivity index (χ3n) is 2.08. The highest BCUT2D eigenvalue weighted by molar-refractivity contribution is 9.10. The number of halogens is 4. The van der Waals surface area contributed by atoms with E-state index in [2.05, 4.69) is 31.2 Å². The number of carbonyl (C=O) groups is 1. The van der Waals surface area contributed by atoms with Gasteiger partial charge in [-0.2, -0.15) is 0 Å². The van der Waals surface area contributed by atoms with Crippen molar-refractivity contribution in [2.45, 2.75) is 0 Å². The zero-order valence-corrected chi connectivity index (χ0v) is 12.2. The minimum atomic E-state index is -0.552. The van der Waals surface area contributed by atoms with E-state index in [9.17, 15) is 9.18 Å². The van der Waals surface area contributed by atoms with Crippen LogP contribution in [0, 0.1) is 5.82 Å². The second-order valence-corrected chi connectivity index (χ2v) is 5.07. The first-order chi connectivity index (χ1) is 8.97. The van der Waals surface area contributed by atoms with Crippen LogP contribution >= 0.6 is 39.1 Å². The number of nitrogens with one attached hydrogen (secondary N) is 1. The van der Waals surface area contributed by atoms with Crippen molar-refractivity contribution in [3.05, 3.63) is 50.7 Å². The van der Waals surface area contributed by atoms with Gasteiger partial charge >= 0.3 is 0 Å². The molecule has 1 aromatic carbocycles. The summed E-state index contributed by atoms with van der Waals surface area (Å²) in [5, 5.41) is 2.66. The molecule has 0 atom stereocenters. The monoisotopic (exact) mass is 363 g/mol. The van der Waals surface area contributed by atoms with E-state index in [-0.39, 0.29) is 21.6 Å². The maximum absolute atomic E-state index is 13.1. The van der Waals surface area contributed by atoms with Crippen LogP contribution in [0.3, 0.4) is 0 Å². The molecular weight excluding hydrogens is 360 g/mol. The quantitative estimate of drug-likeness (QED) is 0.878. The van der Waals surface area contributed by atoms with Crippen LogP contribution in [-0.2, 0) is 0 Å². The molecule has 2 rings (SSSR count). The molecular formula is C11H5BrCl2FN3O. The summed E-state index contributed by atoms with van der Waals surface area (Å²) in [6.45, 7) is 0. The van der Waals surface area contributed by atoms with Gasteiger partial charge in [-0.25, -0.2) is 9.37 Å². The molecule has 1 amide bonds. The number of amides is 1. The molecule has 19 heavy (non-hydrogen) atoms. The van der Waals surface area contributed by atoms with Crippen molar-refractivity contribution in [3.63, 3.8) is 0 Å². The molecule has 0 aliphatic rings. The van der Waals surface area contributed by atoms with Crippen LogP contribution < -0.4 is 5.32 Å². The van der Waals surface area contributed by atoms with Gasteiger partial charge in [0.2, 0.25) is 0 Å². The molecule has 0 spiro atoms. The molecule has 8 heteroatoms. The molecule has 0 aliphatic carbocycles. The summed E-state index contributed by atoms with van der Waals surface area (Å²) >= 11 is 14.6. The zero-order chi connectivity index (χ0) is 14.0. The smallest absolute Gasteiger partial charge is 0.275 e. The van der Waals surface area contributed by atoms with Crippen molar-refractivity contribution >= 4 is 50.7 Å². The highest BCUT2D eigenvalue weighted by Gasteiger charge is 2.14. The van der Waals surface area contributed by atoms with Crippen molar-refractivity contribution in [2.24, 2.45) is 0 Å². The Hall–Kier alpha value is -1.24. The Labute approximate surface area is 126 Å². The number of hydrogen-bond donors (Lipinski definition) is 1. The Morgan fingerprint density at radius 1 is 1.32 bits per heavy atom. The maximum Gasteiger partial charge on any atom is 0.275 e. The molecule has 2 aromatic rings. The minimum absolute atomic E-state index is 0.0276. The highest BCUT2D eigenvalue weighted by Crippen LogP contribution is 2.31. The number of rotatable bonds is 2. The molecule has 0 radical (unpaired) electrons. The molecule has 0 bridgehead atoms. The average Bonchev–Trinajstić information content (AvgIpc) is 2.33. The Kier molecular flexibility index (Phi) is 4.34. The van der Waals surface area contributed by atoms with E-state index >= 15 is 0 Å². The van der Waals surface area contributed by atoms with Gasteiger partial charge in [0.25, 0.3) is 5.91 Å². The molecule has 1 N–H and O–H groups in total. The largest absolute Gasteiger partial charge is 0.318 e. The topological polar surface area (TPSA) is 54.9 Å². The second-order valence-electron chi connectivity index (χ2n) is 3.43. The molecule has 1 heterocycles. The lowest BCUT2D eigenvalue weighted by molar-refractivity contribution is 0.102. The third-order valence-corrected chi connectivity index (χ3v) is 3.19. The zero-order valence-electron chi connectivity index (χ0n) is 9.12. The first-order valence-corrected chi connectivity index (χ1v) is 6.45. The van der Waals surface area contributed by atoms with Crippen LogP contribution in [0.5, 0.6) is 0 Å². The number of anilines is 1. The van der Waals surface area contributed by atoms with Crippen LogP contribution in [0.1, 0.15) is 10.5 Å². The Balaban J connectivity index is 2.29. The van der Waals surface area contributed by atoms with Crippen LogP contribution in [0.25, 0.3) is 0 Å². The van der Waals surface area contributed by atoms with Crippen LogP contribution in [0.4, 0.5) is 10.1 Å². The van der Waals surface area contributed by atoms with Crippen molar-refractivity contribution in [3.8, 4) is 0 Å². The third kappa shape index (κ3) is 3.40. The summed E-state index contributed by atoms with van der Waals surface area (Å²) in [4.78, 5) is 19.5. The SMILES string of the molecule is O=C(Nc1c(Cl)cc(F)cc1Br)c1cncc(Cl)n1. The van der Waals surface area contributed by atoms with Gasteiger partial charge in [0, 0.05) is 4.47 Å². The lowest BCUT2D eigenvalue weighted by atomic mass is 10.3. The fraction of sp³-hybridized carbons (Fsp3) is 0. The fourth-order valence-corrected chi connectivity index (χ4v) is 2.34. The Bertz CT molecular complexity index is 631. The van der Waals surface area contributed by atoms with Gasteiger partial charge in [0.15, 0.2) is 0 Å². The van der Waals surface area contributed by atoms with E-state index < -0.39 is 11.7 Å². The molecule has 0 saturated carbocycles. The summed E-state index contributed by atoms with van der Waals surface area (Å²) in [5.41, 5.74) is 0.273. The maximum atomic E-state index is 13.1. The standard InChI is InChI=1S/C11H5BrCl2FN3O/c12-6-1-5(15)2-7(13)10(6)18-11(19)8-3-16-4-9(14)17-8/h1-4H,(H,18,19). The van der Waals surface area contributed by atoms with Crippen molar-refractivity contribution in [1.29, 1.82) is 0 Å². The van der Waals surface area contributed by atoms with Crippen LogP contribution in [-0.4, -0.2) is 15.9 Å². The summed E-state index contributed by atoms with van der Waals surface area (Å²) in [6.07, 6.45) is 2.56. The van der Waals surface area contributed by atoms with E-state index in [0.717, 1.165) is 6.07 Å². The van der Waals surface area contributed by atoms with Crippen LogP contribution in [0.15, 0.2) is 29.0 Å². The van der Waals surface area contributed by atoms with E-state index in [4.69, 9.17) is 23.2 Å². The second kappa shape index (κ2) is 5.81. The first-order valence-electron chi connectivity index (χ1n) is 4.91. The summed E-state index contributed by atoms with van der Waals surface area (Å²) in [7, 11) is 0. The lowest BCUT2D eigenvalue weighted by Crippen LogP contribution is -2.15. The van der Waals surface area contributed by atoms with Gasteiger partial charge in [0.1, 0.15) is 16.7 Å². The van der Waals surface area contributed by atoms with Gasteiger partial charge in [-0.05, 0) is 28.1 Å². The number of hydrogen-bond acceptors (Lipinski definition) is 3. The highest BCUT2D eigenvalue weighted by atomic mass is 79.9. The lowest BCUT2D eigenvalue weighted by Gasteiger charge is -2.09. The van der Waals surface area contributed by atoms with Crippen LogP contribution in [0.2, 0.25) is 10.2 Å². The predicted molar refractivity (Wildman–Crippen MR) is 74.1 cm³/mol. The number of aromatic nitrogens is 2.